The zero-order valence-corrected chi connectivity index (χ0v) is 15.7. The summed E-state index contributed by atoms with van der Waals surface area (Å²) in [7, 11) is 0. The first kappa shape index (κ1) is 21.5. The molecule has 0 bridgehead atoms. The molecule has 1 saturated heterocycles. The van der Waals surface area contributed by atoms with Crippen molar-refractivity contribution in [1.29, 1.82) is 0 Å². The fourth-order valence-corrected chi connectivity index (χ4v) is 2.81. The molecule has 2 rings (SSSR count). The monoisotopic (exact) mass is 348 g/mol. The summed E-state index contributed by atoms with van der Waals surface area (Å²) in [5.41, 5.74) is 1.26. The van der Waals surface area contributed by atoms with Gasteiger partial charge in [0.2, 0.25) is 0 Å². The lowest BCUT2D eigenvalue weighted by molar-refractivity contribution is 0.130. The molecule has 0 saturated carbocycles. The molecule has 1 aromatic carbocycles. The van der Waals surface area contributed by atoms with Crippen molar-refractivity contribution in [2.45, 2.75) is 45.8 Å². The molecular weight excluding hydrogens is 319 g/mol. The van der Waals surface area contributed by atoms with Gasteiger partial charge in [-0.15, -0.1) is 24.8 Å². The Kier molecular flexibility index (Phi) is 9.40. The highest BCUT2D eigenvalue weighted by Gasteiger charge is 2.20. The van der Waals surface area contributed by atoms with Gasteiger partial charge in [-0.1, -0.05) is 19.1 Å². The molecule has 1 atom stereocenters. The van der Waals surface area contributed by atoms with Gasteiger partial charge in [-0.05, 0) is 44.9 Å². The van der Waals surface area contributed by atoms with Crippen molar-refractivity contribution in [2.24, 2.45) is 0 Å². The average Bonchev–Trinajstić information content (AvgIpc) is 2.41. The Balaban J connectivity index is 0.00000220. The topological polar surface area (TPSA) is 24.5 Å². The van der Waals surface area contributed by atoms with E-state index in [1.165, 1.54) is 5.56 Å². The Morgan fingerprint density at radius 3 is 2.09 bits per heavy atom. The number of hydrogen-bond donors (Lipinski definition) is 1. The number of hydrogen-bond acceptors (Lipinski definition) is 3. The molecule has 1 aliphatic heterocycles. The number of nitrogens with one attached hydrogen (secondary N) is 1. The smallest absolute Gasteiger partial charge is 0.120 e. The number of halogens is 2. The number of piperazine rings is 1. The molecule has 3 nitrogen and oxygen atoms in total. The molecule has 5 heteroatoms. The van der Waals surface area contributed by atoms with Crippen molar-refractivity contribution in [3.8, 4) is 5.75 Å². The first-order chi connectivity index (χ1) is 9.49. The fraction of sp³-hybridized carbons (Fsp3) is 0.647. The van der Waals surface area contributed by atoms with E-state index in [1.54, 1.807) is 0 Å². The Hall–Kier alpha value is -0.480. The Bertz CT molecular complexity index is 412. The van der Waals surface area contributed by atoms with Crippen molar-refractivity contribution >= 4 is 24.8 Å². The first-order valence-corrected chi connectivity index (χ1v) is 7.73. The van der Waals surface area contributed by atoms with Gasteiger partial charge in [0, 0.05) is 32.2 Å². The van der Waals surface area contributed by atoms with Crippen molar-refractivity contribution in [3.05, 3.63) is 29.8 Å². The zero-order valence-electron chi connectivity index (χ0n) is 14.1. The average molecular weight is 349 g/mol. The van der Waals surface area contributed by atoms with Crippen molar-refractivity contribution < 1.29 is 4.74 Å². The maximum absolute atomic E-state index is 5.89. The molecule has 1 N–H and O–H groups in total. The molecule has 1 fully saturated rings. The van der Waals surface area contributed by atoms with Gasteiger partial charge in [0.15, 0.2) is 0 Å². The standard InChI is InChI=1S/C17H28N2O.2ClH/c1-5-16(19-12-10-18-11-13-19)14-6-8-15(9-7-14)20-17(2,3)4;;/h6-9,16,18H,5,10-13H2,1-4H3;2*1H/t16-;;/m1../s1. The van der Waals surface area contributed by atoms with Crippen molar-refractivity contribution in [1.82, 2.24) is 10.2 Å². The quantitative estimate of drug-likeness (QED) is 0.887. The van der Waals surface area contributed by atoms with Crippen LogP contribution in [0.1, 0.15) is 45.7 Å². The molecule has 22 heavy (non-hydrogen) atoms. The second kappa shape index (κ2) is 9.61. The van der Waals surface area contributed by atoms with Crippen LogP contribution in [-0.4, -0.2) is 36.7 Å². The normalized spacial score (nSPS) is 17.1. The molecule has 0 amide bonds. The SMILES string of the molecule is CC[C@H](c1ccc(OC(C)(C)C)cc1)N1CCNCC1.Cl.Cl. The molecule has 128 valence electrons. The van der Waals surface area contributed by atoms with Crippen LogP contribution in [0.5, 0.6) is 5.75 Å². The van der Waals surface area contributed by atoms with E-state index in [2.05, 4.69) is 62.2 Å². The van der Waals surface area contributed by atoms with E-state index in [1.807, 2.05) is 0 Å². The van der Waals surface area contributed by atoms with E-state index in [-0.39, 0.29) is 30.4 Å². The number of rotatable bonds is 4. The lowest BCUT2D eigenvalue weighted by Crippen LogP contribution is -2.45. The molecule has 0 spiro atoms. The van der Waals surface area contributed by atoms with Crippen LogP contribution in [0.4, 0.5) is 0 Å². The minimum absolute atomic E-state index is 0. The summed E-state index contributed by atoms with van der Waals surface area (Å²) in [4.78, 5) is 2.58. The van der Waals surface area contributed by atoms with Crippen molar-refractivity contribution in [3.63, 3.8) is 0 Å². The van der Waals surface area contributed by atoms with E-state index < -0.39 is 0 Å². The van der Waals surface area contributed by atoms with Crippen LogP contribution in [0.2, 0.25) is 0 Å². The predicted octanol–water partition coefficient (Wildman–Crippen LogP) is 4.06. The van der Waals surface area contributed by atoms with E-state index >= 15 is 0 Å². The van der Waals surface area contributed by atoms with Crippen LogP contribution in [0.25, 0.3) is 0 Å². The molecule has 1 heterocycles. The van der Waals surface area contributed by atoms with Crippen LogP contribution in [0.15, 0.2) is 24.3 Å². The van der Waals surface area contributed by atoms with E-state index in [9.17, 15) is 0 Å². The third-order valence-corrected chi connectivity index (χ3v) is 3.67. The number of benzene rings is 1. The number of ether oxygens (including phenoxy) is 1. The molecule has 0 unspecified atom stereocenters. The van der Waals surface area contributed by atoms with Crippen LogP contribution < -0.4 is 10.1 Å². The van der Waals surface area contributed by atoms with Gasteiger partial charge in [0.25, 0.3) is 0 Å². The Morgan fingerprint density at radius 2 is 1.64 bits per heavy atom. The van der Waals surface area contributed by atoms with Gasteiger partial charge < -0.3 is 10.1 Å². The minimum Gasteiger partial charge on any atom is -0.488 e. The van der Waals surface area contributed by atoms with Gasteiger partial charge in [-0.25, -0.2) is 0 Å². The second-order valence-corrected chi connectivity index (χ2v) is 6.49. The fourth-order valence-electron chi connectivity index (χ4n) is 2.81. The van der Waals surface area contributed by atoms with E-state index in [0.717, 1.165) is 38.3 Å². The van der Waals surface area contributed by atoms with E-state index in [0.29, 0.717) is 6.04 Å². The van der Waals surface area contributed by atoms with Gasteiger partial charge in [-0.2, -0.15) is 0 Å². The van der Waals surface area contributed by atoms with Crippen molar-refractivity contribution in [2.75, 3.05) is 26.2 Å². The summed E-state index contributed by atoms with van der Waals surface area (Å²) in [6, 6.07) is 9.17. The van der Waals surface area contributed by atoms with Gasteiger partial charge in [0.05, 0.1) is 0 Å². The second-order valence-electron chi connectivity index (χ2n) is 6.49. The highest BCUT2D eigenvalue weighted by molar-refractivity contribution is 5.85. The Labute approximate surface area is 147 Å². The van der Waals surface area contributed by atoms with Gasteiger partial charge >= 0.3 is 0 Å². The van der Waals surface area contributed by atoms with Crippen LogP contribution >= 0.6 is 24.8 Å². The largest absolute Gasteiger partial charge is 0.488 e. The lowest BCUT2D eigenvalue weighted by Gasteiger charge is -2.34. The van der Waals surface area contributed by atoms with Crippen LogP contribution in [-0.2, 0) is 0 Å². The molecule has 1 aliphatic rings. The predicted molar refractivity (Wildman–Crippen MR) is 98.8 cm³/mol. The summed E-state index contributed by atoms with van der Waals surface area (Å²) < 4.78 is 5.89. The molecule has 0 aromatic heterocycles. The van der Waals surface area contributed by atoms with E-state index in [4.69, 9.17) is 4.74 Å². The molecular formula is C17H30Cl2N2O. The van der Waals surface area contributed by atoms with Gasteiger partial charge in [0.1, 0.15) is 11.4 Å². The number of nitrogens with zero attached hydrogens (tertiary/aromatic N) is 1. The summed E-state index contributed by atoms with van der Waals surface area (Å²) in [6.45, 7) is 13.0. The van der Waals surface area contributed by atoms with Crippen LogP contribution in [0.3, 0.4) is 0 Å². The summed E-state index contributed by atoms with van der Waals surface area (Å²) in [5.74, 6) is 0.955. The zero-order chi connectivity index (χ0) is 14.6. The minimum atomic E-state index is -0.135. The third kappa shape index (κ3) is 6.33. The highest BCUT2D eigenvalue weighted by Crippen LogP contribution is 2.27. The molecule has 0 aliphatic carbocycles. The van der Waals surface area contributed by atoms with Gasteiger partial charge in [-0.3, -0.25) is 4.90 Å². The molecule has 0 radical (unpaired) electrons. The first-order valence-electron chi connectivity index (χ1n) is 7.73. The third-order valence-electron chi connectivity index (χ3n) is 3.67. The maximum atomic E-state index is 5.89. The highest BCUT2D eigenvalue weighted by atomic mass is 35.5. The Morgan fingerprint density at radius 1 is 1.09 bits per heavy atom. The summed E-state index contributed by atoms with van der Waals surface area (Å²) >= 11 is 0. The lowest BCUT2D eigenvalue weighted by atomic mass is 10.0. The van der Waals surface area contributed by atoms with Crippen LogP contribution in [0, 0.1) is 0 Å². The summed E-state index contributed by atoms with van der Waals surface area (Å²) in [6.07, 6.45) is 1.15. The maximum Gasteiger partial charge on any atom is 0.120 e. The summed E-state index contributed by atoms with van der Waals surface area (Å²) in [5, 5.41) is 3.42. The molecule has 1 aromatic rings.